The molecule has 3 rings (SSSR count). The molecule has 0 bridgehead atoms. The van der Waals surface area contributed by atoms with Crippen molar-refractivity contribution in [2.24, 2.45) is 4.99 Å². The first-order valence-corrected chi connectivity index (χ1v) is 10.1. The predicted molar refractivity (Wildman–Crippen MR) is 135 cm³/mol. The molecule has 2 aromatic rings. The second kappa shape index (κ2) is 11.7. The number of carbonyl (C=O) groups excluding carboxylic acids is 2. The summed E-state index contributed by atoms with van der Waals surface area (Å²) in [5.74, 6) is 0.774. The van der Waals surface area contributed by atoms with Gasteiger partial charge in [-0.05, 0) is 36.2 Å². The Bertz CT molecular complexity index is 917. The van der Waals surface area contributed by atoms with Crippen LogP contribution in [0.2, 0.25) is 0 Å². The van der Waals surface area contributed by atoms with Crippen LogP contribution in [0.4, 0.5) is 5.69 Å². The van der Waals surface area contributed by atoms with E-state index in [-0.39, 0.29) is 41.8 Å². The van der Waals surface area contributed by atoms with Crippen LogP contribution in [0, 0.1) is 0 Å². The molecule has 8 heteroatoms. The molecule has 0 spiro atoms. The van der Waals surface area contributed by atoms with Gasteiger partial charge in [-0.2, -0.15) is 0 Å². The van der Waals surface area contributed by atoms with Crippen molar-refractivity contribution >= 4 is 47.4 Å². The molecular weight excluding hydrogens is 505 g/mol. The molecule has 31 heavy (non-hydrogen) atoms. The number of carbonyl (C=O) groups is 2. The van der Waals surface area contributed by atoms with Crippen LogP contribution in [0.15, 0.2) is 59.6 Å². The zero-order valence-electron chi connectivity index (χ0n) is 18.2. The Morgan fingerprint density at radius 3 is 2.58 bits per heavy atom. The van der Waals surface area contributed by atoms with E-state index < -0.39 is 0 Å². The zero-order valence-corrected chi connectivity index (χ0v) is 20.5. The van der Waals surface area contributed by atoms with Gasteiger partial charge in [-0.1, -0.05) is 30.3 Å². The molecule has 1 heterocycles. The number of anilines is 1. The van der Waals surface area contributed by atoms with Crippen LogP contribution in [-0.2, 0) is 11.2 Å². The molecule has 1 unspecified atom stereocenters. The van der Waals surface area contributed by atoms with E-state index in [1.165, 1.54) is 0 Å². The van der Waals surface area contributed by atoms with E-state index in [0.717, 1.165) is 17.7 Å². The average Bonchev–Trinajstić information content (AvgIpc) is 3.13. The van der Waals surface area contributed by atoms with Crippen molar-refractivity contribution in [3.8, 4) is 0 Å². The summed E-state index contributed by atoms with van der Waals surface area (Å²) in [6.45, 7) is 1.28. The van der Waals surface area contributed by atoms with E-state index in [1.807, 2.05) is 54.6 Å². The van der Waals surface area contributed by atoms with Gasteiger partial charge in [0.05, 0.1) is 6.04 Å². The van der Waals surface area contributed by atoms with Crippen molar-refractivity contribution < 1.29 is 9.59 Å². The summed E-state index contributed by atoms with van der Waals surface area (Å²) < 4.78 is 0. The first-order chi connectivity index (χ1) is 14.5. The molecule has 0 saturated carbocycles. The number of rotatable bonds is 6. The molecule has 2 aromatic carbocycles. The first kappa shape index (κ1) is 24.6. The van der Waals surface area contributed by atoms with Crippen LogP contribution < -0.4 is 15.5 Å². The number of amides is 2. The second-order valence-electron chi connectivity index (χ2n) is 7.53. The Balaban J connectivity index is 0.00000341. The minimum atomic E-state index is -0.00356. The van der Waals surface area contributed by atoms with Gasteiger partial charge in [0.25, 0.3) is 5.91 Å². The van der Waals surface area contributed by atoms with Crippen LogP contribution in [0.3, 0.4) is 0 Å². The molecular formula is C23H30IN5O2. The maximum atomic E-state index is 12.4. The lowest BCUT2D eigenvalue weighted by molar-refractivity contribution is -0.117. The Morgan fingerprint density at radius 1 is 1.16 bits per heavy atom. The summed E-state index contributed by atoms with van der Waals surface area (Å²) in [7, 11) is 5.22. The number of benzene rings is 2. The number of hydrogen-bond donors (Lipinski definition) is 2. The molecule has 0 aliphatic carbocycles. The molecule has 1 atom stereocenters. The van der Waals surface area contributed by atoms with E-state index in [4.69, 9.17) is 0 Å². The number of nitrogens with zero attached hydrogens (tertiary/aromatic N) is 3. The number of halogens is 1. The summed E-state index contributed by atoms with van der Waals surface area (Å²) >= 11 is 0. The van der Waals surface area contributed by atoms with E-state index in [0.29, 0.717) is 31.0 Å². The first-order valence-electron chi connectivity index (χ1n) is 10.1. The normalized spacial score (nSPS) is 16.0. The highest BCUT2D eigenvalue weighted by Gasteiger charge is 2.30. The zero-order chi connectivity index (χ0) is 21.5. The van der Waals surface area contributed by atoms with Gasteiger partial charge in [0.2, 0.25) is 5.91 Å². The van der Waals surface area contributed by atoms with Gasteiger partial charge in [0.1, 0.15) is 0 Å². The molecule has 1 aliphatic rings. The van der Waals surface area contributed by atoms with Gasteiger partial charge in [-0.15, -0.1) is 24.0 Å². The lowest BCUT2D eigenvalue weighted by atomic mass is 10.1. The minimum absolute atomic E-state index is 0. The Kier molecular flexibility index (Phi) is 9.29. The van der Waals surface area contributed by atoms with Gasteiger partial charge >= 0.3 is 0 Å². The number of nitrogens with one attached hydrogen (secondary N) is 2. The average molecular weight is 535 g/mol. The molecule has 7 nitrogen and oxygen atoms in total. The molecule has 1 saturated heterocycles. The van der Waals surface area contributed by atoms with Crippen molar-refractivity contribution in [2.75, 3.05) is 39.1 Å². The van der Waals surface area contributed by atoms with Gasteiger partial charge in [-0.25, -0.2) is 0 Å². The van der Waals surface area contributed by atoms with Crippen molar-refractivity contribution in [1.82, 2.24) is 15.5 Å². The van der Waals surface area contributed by atoms with E-state index in [2.05, 4.69) is 15.6 Å². The van der Waals surface area contributed by atoms with Crippen LogP contribution in [0.5, 0.6) is 0 Å². The van der Waals surface area contributed by atoms with Gasteiger partial charge in [0.15, 0.2) is 5.96 Å². The standard InChI is InChI=1S/C23H29N5O2.HI/c1-24-23(25-13-12-17-8-7-9-18(14-17)22(30)27(2)3)26-19-15-21(29)28(16-19)20-10-5-4-6-11-20;/h4-11,14,19H,12-13,15-16H2,1-3H3,(H2,24,25,26);1H. The smallest absolute Gasteiger partial charge is 0.253 e. The maximum absolute atomic E-state index is 12.4. The van der Waals surface area contributed by atoms with Gasteiger partial charge in [0, 0.05) is 51.9 Å². The molecule has 166 valence electrons. The fourth-order valence-corrected chi connectivity index (χ4v) is 3.49. The summed E-state index contributed by atoms with van der Waals surface area (Å²) in [5, 5.41) is 6.64. The topological polar surface area (TPSA) is 77.0 Å². The van der Waals surface area contributed by atoms with Crippen LogP contribution in [0.1, 0.15) is 22.3 Å². The van der Waals surface area contributed by atoms with E-state index in [9.17, 15) is 9.59 Å². The third kappa shape index (κ3) is 6.68. The Morgan fingerprint density at radius 2 is 1.90 bits per heavy atom. The SMILES string of the molecule is CN=C(NCCc1cccc(C(=O)N(C)C)c1)NC1CC(=O)N(c2ccccc2)C1.I. The molecule has 1 aliphatic heterocycles. The highest BCUT2D eigenvalue weighted by Crippen LogP contribution is 2.20. The third-order valence-corrected chi connectivity index (χ3v) is 5.04. The summed E-state index contributed by atoms with van der Waals surface area (Å²) in [6.07, 6.45) is 1.19. The third-order valence-electron chi connectivity index (χ3n) is 5.04. The second-order valence-corrected chi connectivity index (χ2v) is 7.53. The van der Waals surface area contributed by atoms with Gasteiger partial charge < -0.3 is 20.4 Å². The lowest BCUT2D eigenvalue weighted by Crippen LogP contribution is -2.45. The van der Waals surface area contributed by atoms with Gasteiger partial charge in [-0.3, -0.25) is 14.6 Å². The largest absolute Gasteiger partial charge is 0.356 e. The fourth-order valence-electron chi connectivity index (χ4n) is 3.49. The summed E-state index contributed by atoms with van der Waals surface area (Å²) in [5.41, 5.74) is 2.68. The molecule has 2 N–H and O–H groups in total. The number of guanidine groups is 1. The predicted octanol–water partition coefficient (Wildman–Crippen LogP) is 2.52. The molecule has 0 aromatic heterocycles. The maximum Gasteiger partial charge on any atom is 0.253 e. The number of para-hydroxylation sites is 1. The highest BCUT2D eigenvalue weighted by molar-refractivity contribution is 14.0. The van der Waals surface area contributed by atoms with E-state index in [1.54, 1.807) is 30.9 Å². The minimum Gasteiger partial charge on any atom is -0.356 e. The van der Waals surface area contributed by atoms with Crippen LogP contribution in [0.25, 0.3) is 0 Å². The summed E-state index contributed by atoms with van der Waals surface area (Å²) in [6, 6.07) is 17.4. The monoisotopic (exact) mass is 535 g/mol. The Hall–Kier alpha value is -2.62. The van der Waals surface area contributed by atoms with Crippen LogP contribution in [-0.4, -0.2) is 62.9 Å². The van der Waals surface area contributed by atoms with Crippen molar-refractivity contribution in [2.45, 2.75) is 18.9 Å². The molecule has 0 radical (unpaired) electrons. The van der Waals surface area contributed by atoms with Crippen LogP contribution >= 0.6 is 24.0 Å². The van der Waals surface area contributed by atoms with Crippen molar-refractivity contribution in [3.63, 3.8) is 0 Å². The number of hydrogen-bond acceptors (Lipinski definition) is 3. The van der Waals surface area contributed by atoms with E-state index >= 15 is 0 Å². The quantitative estimate of drug-likeness (QED) is 0.339. The van der Waals surface area contributed by atoms with Crippen molar-refractivity contribution in [3.05, 3.63) is 65.7 Å². The lowest BCUT2D eigenvalue weighted by Gasteiger charge is -2.19. The van der Waals surface area contributed by atoms with Crippen molar-refractivity contribution in [1.29, 1.82) is 0 Å². The molecule has 2 amide bonds. The molecule has 1 fully saturated rings. The fraction of sp³-hybridized carbons (Fsp3) is 0.348. The Labute approximate surface area is 200 Å². The number of aliphatic imine (C=N–C) groups is 1. The summed E-state index contributed by atoms with van der Waals surface area (Å²) in [4.78, 5) is 32.2. The highest BCUT2D eigenvalue weighted by atomic mass is 127.